The molecule has 2 N–H and O–H groups in total. The van der Waals surface area contributed by atoms with Crippen LogP contribution in [0.1, 0.15) is 10.5 Å². The third-order valence-electron chi connectivity index (χ3n) is 4.29. The van der Waals surface area contributed by atoms with Crippen LogP contribution in [0.5, 0.6) is 0 Å². The zero-order chi connectivity index (χ0) is 21.0. The number of hydrogen-bond acceptors (Lipinski definition) is 9. The van der Waals surface area contributed by atoms with Crippen molar-refractivity contribution in [1.29, 1.82) is 0 Å². The zero-order valence-corrected chi connectivity index (χ0v) is 17.3. The molecule has 1 aliphatic heterocycles. The molecular formula is C18H18N6O4S2. The van der Waals surface area contributed by atoms with E-state index in [1.165, 1.54) is 41.8 Å². The molecule has 1 amide bonds. The Morgan fingerprint density at radius 3 is 2.47 bits per heavy atom. The second-order valence-electron chi connectivity index (χ2n) is 6.30. The van der Waals surface area contributed by atoms with Crippen LogP contribution >= 0.6 is 11.3 Å². The van der Waals surface area contributed by atoms with E-state index in [2.05, 4.69) is 25.2 Å². The van der Waals surface area contributed by atoms with Gasteiger partial charge in [-0.25, -0.2) is 13.4 Å². The van der Waals surface area contributed by atoms with Crippen molar-refractivity contribution in [1.82, 2.24) is 15.2 Å². The number of sulfonamides is 1. The lowest BCUT2D eigenvalue weighted by Crippen LogP contribution is -2.37. The summed E-state index contributed by atoms with van der Waals surface area (Å²) in [4.78, 5) is 18.4. The Hall–Kier alpha value is -3.09. The minimum absolute atomic E-state index is 0.0605. The van der Waals surface area contributed by atoms with Gasteiger partial charge in [-0.15, -0.1) is 21.5 Å². The molecular weight excluding hydrogens is 428 g/mol. The third-order valence-corrected chi connectivity index (χ3v) is 6.47. The Bertz CT molecular complexity index is 1100. The number of morpholine rings is 1. The summed E-state index contributed by atoms with van der Waals surface area (Å²) in [7, 11) is -3.75. The quantitative estimate of drug-likeness (QED) is 0.587. The standard InChI is InChI=1S/C18H18N6O4S2/c25-17(15-5-6-16(22-21-15)24-8-10-28-11-9-24)20-13-1-3-14(4-2-13)30(26,27)23-18-19-7-12-29-18/h1-7,12H,8-11H2,(H,19,23)(H,20,25). The zero-order valence-electron chi connectivity index (χ0n) is 15.7. The number of benzene rings is 1. The van der Waals surface area contributed by atoms with Gasteiger partial charge in [0.1, 0.15) is 0 Å². The molecule has 12 heteroatoms. The fraction of sp³-hybridized carbons (Fsp3) is 0.222. The second kappa shape index (κ2) is 8.73. The molecule has 0 spiro atoms. The molecule has 0 radical (unpaired) electrons. The van der Waals surface area contributed by atoms with Crippen LogP contribution in [0.2, 0.25) is 0 Å². The average Bonchev–Trinajstić information content (AvgIpc) is 3.27. The first-order chi connectivity index (χ1) is 14.5. The predicted molar refractivity (Wildman–Crippen MR) is 112 cm³/mol. The highest BCUT2D eigenvalue weighted by atomic mass is 32.2. The molecule has 1 aliphatic rings. The van der Waals surface area contributed by atoms with Gasteiger partial charge in [0, 0.05) is 30.4 Å². The van der Waals surface area contributed by atoms with Gasteiger partial charge < -0.3 is 15.0 Å². The smallest absolute Gasteiger partial charge is 0.276 e. The maximum absolute atomic E-state index is 12.4. The maximum atomic E-state index is 12.4. The summed E-state index contributed by atoms with van der Waals surface area (Å²) in [6.45, 7) is 2.73. The van der Waals surface area contributed by atoms with Crippen molar-refractivity contribution < 1.29 is 17.9 Å². The molecule has 1 fully saturated rings. The number of aromatic nitrogens is 3. The van der Waals surface area contributed by atoms with E-state index < -0.39 is 15.9 Å². The van der Waals surface area contributed by atoms with Gasteiger partial charge in [0.25, 0.3) is 15.9 Å². The average molecular weight is 447 g/mol. The van der Waals surface area contributed by atoms with Crippen molar-refractivity contribution in [3.05, 3.63) is 53.7 Å². The van der Waals surface area contributed by atoms with E-state index >= 15 is 0 Å². The first kappa shape index (κ1) is 20.2. The van der Waals surface area contributed by atoms with Crippen molar-refractivity contribution >= 4 is 43.9 Å². The van der Waals surface area contributed by atoms with Crippen molar-refractivity contribution in [2.45, 2.75) is 4.90 Å². The highest BCUT2D eigenvalue weighted by molar-refractivity contribution is 7.93. The van der Waals surface area contributed by atoms with E-state index in [-0.39, 0.29) is 15.7 Å². The number of amides is 1. The van der Waals surface area contributed by atoms with E-state index in [0.29, 0.717) is 24.7 Å². The Morgan fingerprint density at radius 1 is 1.07 bits per heavy atom. The molecule has 10 nitrogen and oxygen atoms in total. The number of anilines is 3. The molecule has 0 saturated carbocycles. The van der Waals surface area contributed by atoms with Crippen LogP contribution in [0.25, 0.3) is 0 Å². The molecule has 1 aromatic carbocycles. The second-order valence-corrected chi connectivity index (χ2v) is 8.87. The lowest BCUT2D eigenvalue weighted by Gasteiger charge is -2.27. The van der Waals surface area contributed by atoms with Crippen LogP contribution in [0.3, 0.4) is 0 Å². The lowest BCUT2D eigenvalue weighted by atomic mass is 10.3. The van der Waals surface area contributed by atoms with Gasteiger partial charge in [0.05, 0.1) is 18.1 Å². The fourth-order valence-electron chi connectivity index (χ4n) is 2.77. The Morgan fingerprint density at radius 2 is 1.83 bits per heavy atom. The number of carbonyl (C=O) groups excluding carboxylic acids is 1. The summed E-state index contributed by atoms with van der Waals surface area (Å²) in [6.07, 6.45) is 1.51. The minimum Gasteiger partial charge on any atom is -0.378 e. The topological polar surface area (TPSA) is 126 Å². The molecule has 30 heavy (non-hydrogen) atoms. The van der Waals surface area contributed by atoms with Crippen molar-refractivity contribution in [2.75, 3.05) is 41.2 Å². The number of rotatable bonds is 6. The fourth-order valence-corrected chi connectivity index (χ4v) is 4.56. The summed E-state index contributed by atoms with van der Waals surface area (Å²) >= 11 is 1.18. The minimum atomic E-state index is -3.75. The van der Waals surface area contributed by atoms with Crippen LogP contribution in [-0.2, 0) is 14.8 Å². The number of nitrogens with one attached hydrogen (secondary N) is 2. The van der Waals surface area contributed by atoms with E-state index in [1.807, 2.05) is 4.90 Å². The van der Waals surface area contributed by atoms with Gasteiger partial charge in [0.15, 0.2) is 16.6 Å². The molecule has 3 heterocycles. The predicted octanol–water partition coefficient (Wildman–Crippen LogP) is 1.82. The summed E-state index contributed by atoms with van der Waals surface area (Å²) in [5, 5.41) is 12.7. The van der Waals surface area contributed by atoms with Gasteiger partial charge in [0.2, 0.25) is 0 Å². The number of carbonyl (C=O) groups is 1. The third kappa shape index (κ3) is 4.72. The number of ether oxygens (including phenoxy) is 1. The number of thiazole rings is 1. The summed E-state index contributed by atoms with van der Waals surface area (Å²) in [5.41, 5.74) is 0.599. The molecule has 0 atom stereocenters. The summed E-state index contributed by atoms with van der Waals surface area (Å²) in [6, 6.07) is 9.16. The van der Waals surface area contributed by atoms with Crippen LogP contribution in [0.15, 0.2) is 52.9 Å². The number of nitrogens with zero attached hydrogens (tertiary/aromatic N) is 4. The van der Waals surface area contributed by atoms with Crippen molar-refractivity contribution in [2.24, 2.45) is 0 Å². The van der Waals surface area contributed by atoms with Crippen molar-refractivity contribution in [3.63, 3.8) is 0 Å². The van der Waals surface area contributed by atoms with E-state index in [4.69, 9.17) is 4.74 Å². The van der Waals surface area contributed by atoms with Gasteiger partial charge in [-0.3, -0.25) is 9.52 Å². The van der Waals surface area contributed by atoms with E-state index in [0.717, 1.165) is 13.1 Å². The van der Waals surface area contributed by atoms with Gasteiger partial charge in [-0.2, -0.15) is 0 Å². The molecule has 3 aromatic rings. The van der Waals surface area contributed by atoms with Crippen LogP contribution in [0.4, 0.5) is 16.6 Å². The summed E-state index contributed by atoms with van der Waals surface area (Å²) in [5.74, 6) is 0.254. The molecule has 4 rings (SSSR count). The van der Waals surface area contributed by atoms with Crippen LogP contribution < -0.4 is 14.9 Å². The molecule has 0 unspecified atom stereocenters. The molecule has 2 aromatic heterocycles. The van der Waals surface area contributed by atoms with Gasteiger partial charge in [-0.05, 0) is 36.4 Å². The van der Waals surface area contributed by atoms with Crippen LogP contribution in [-0.4, -0.2) is 55.8 Å². The highest BCUT2D eigenvalue weighted by Crippen LogP contribution is 2.20. The maximum Gasteiger partial charge on any atom is 0.276 e. The first-order valence-electron chi connectivity index (χ1n) is 9.01. The van der Waals surface area contributed by atoms with E-state index in [1.54, 1.807) is 17.5 Å². The molecule has 156 valence electrons. The highest BCUT2D eigenvalue weighted by Gasteiger charge is 2.17. The van der Waals surface area contributed by atoms with Gasteiger partial charge >= 0.3 is 0 Å². The van der Waals surface area contributed by atoms with Gasteiger partial charge in [-0.1, -0.05) is 0 Å². The summed E-state index contributed by atoms with van der Waals surface area (Å²) < 4.78 is 32.4. The lowest BCUT2D eigenvalue weighted by molar-refractivity contribution is 0.102. The molecule has 1 saturated heterocycles. The normalized spacial score (nSPS) is 14.3. The van der Waals surface area contributed by atoms with Crippen LogP contribution in [0, 0.1) is 0 Å². The Labute approximate surface area is 177 Å². The Balaban J connectivity index is 1.39. The molecule has 0 bridgehead atoms. The number of hydrogen-bond donors (Lipinski definition) is 2. The van der Waals surface area contributed by atoms with Crippen molar-refractivity contribution in [3.8, 4) is 0 Å². The molecule has 0 aliphatic carbocycles. The first-order valence-corrected chi connectivity index (χ1v) is 11.4. The SMILES string of the molecule is O=C(Nc1ccc(S(=O)(=O)Nc2nccs2)cc1)c1ccc(N2CCOCC2)nn1. The van der Waals surface area contributed by atoms with E-state index in [9.17, 15) is 13.2 Å². The monoisotopic (exact) mass is 446 g/mol. The largest absolute Gasteiger partial charge is 0.378 e. The Kier molecular flexibility index (Phi) is 5.88.